The van der Waals surface area contributed by atoms with Crippen LogP contribution in [0.15, 0.2) is 24.7 Å². The number of carbonyl (C=O) groups excluding carboxylic acids is 1. The molecule has 0 spiro atoms. The number of ether oxygens (including phenoxy) is 1. The van der Waals surface area contributed by atoms with Crippen LogP contribution >= 0.6 is 0 Å². The molecular formula is C13H17N5O2. The lowest BCUT2D eigenvalue weighted by molar-refractivity contribution is 0.0527. The highest BCUT2D eigenvalue weighted by molar-refractivity contribution is 5.97. The predicted molar refractivity (Wildman–Crippen MR) is 75.1 cm³/mol. The summed E-state index contributed by atoms with van der Waals surface area (Å²) in [5, 5.41) is 3.07. The molecule has 20 heavy (non-hydrogen) atoms. The molecule has 2 heterocycles. The first kappa shape index (κ1) is 13.9. The quantitative estimate of drug-likeness (QED) is 0.796. The number of rotatable bonds is 5. The second kappa shape index (κ2) is 6.05. The van der Waals surface area contributed by atoms with Crippen LogP contribution in [0.2, 0.25) is 0 Å². The molecule has 0 aromatic carbocycles. The average molecular weight is 275 g/mol. The van der Waals surface area contributed by atoms with Crippen molar-refractivity contribution in [1.82, 2.24) is 14.5 Å². The van der Waals surface area contributed by atoms with Crippen molar-refractivity contribution in [1.29, 1.82) is 0 Å². The van der Waals surface area contributed by atoms with Crippen LogP contribution in [0.5, 0.6) is 0 Å². The SMILES string of the molecule is CCOC(=O)c1ccnc(NCc2nccn2C)c1N. The number of aromatic nitrogens is 3. The van der Waals surface area contributed by atoms with Gasteiger partial charge in [-0.3, -0.25) is 0 Å². The highest BCUT2D eigenvalue weighted by atomic mass is 16.5. The van der Waals surface area contributed by atoms with Crippen LogP contribution in [0.1, 0.15) is 23.1 Å². The maximum absolute atomic E-state index is 11.7. The minimum Gasteiger partial charge on any atom is -0.462 e. The lowest BCUT2D eigenvalue weighted by Crippen LogP contribution is -2.13. The van der Waals surface area contributed by atoms with E-state index in [1.54, 1.807) is 19.2 Å². The lowest BCUT2D eigenvalue weighted by atomic mass is 10.2. The van der Waals surface area contributed by atoms with Gasteiger partial charge in [-0.1, -0.05) is 0 Å². The van der Waals surface area contributed by atoms with E-state index in [0.717, 1.165) is 5.82 Å². The summed E-state index contributed by atoms with van der Waals surface area (Å²) < 4.78 is 6.83. The molecule has 0 unspecified atom stereocenters. The topological polar surface area (TPSA) is 95.1 Å². The number of imidazole rings is 1. The highest BCUT2D eigenvalue weighted by Gasteiger charge is 2.14. The summed E-state index contributed by atoms with van der Waals surface area (Å²) in [6.45, 7) is 2.51. The maximum atomic E-state index is 11.7. The second-order valence-electron chi connectivity index (χ2n) is 4.15. The summed E-state index contributed by atoms with van der Waals surface area (Å²) in [7, 11) is 1.90. The number of esters is 1. The van der Waals surface area contributed by atoms with E-state index in [1.165, 1.54) is 6.20 Å². The van der Waals surface area contributed by atoms with E-state index in [9.17, 15) is 4.79 Å². The number of aryl methyl sites for hydroxylation is 1. The molecule has 7 heteroatoms. The molecule has 0 aliphatic heterocycles. The molecule has 0 aliphatic carbocycles. The Balaban J connectivity index is 2.14. The van der Waals surface area contributed by atoms with Gasteiger partial charge in [-0.2, -0.15) is 0 Å². The molecule has 106 valence electrons. The molecular weight excluding hydrogens is 258 g/mol. The van der Waals surface area contributed by atoms with Crippen LogP contribution in [-0.4, -0.2) is 27.1 Å². The van der Waals surface area contributed by atoms with E-state index in [1.807, 2.05) is 17.8 Å². The van der Waals surface area contributed by atoms with Crippen LogP contribution in [0, 0.1) is 0 Å². The normalized spacial score (nSPS) is 10.3. The first-order valence-corrected chi connectivity index (χ1v) is 6.25. The predicted octanol–water partition coefficient (Wildman–Crippen LogP) is 1.19. The van der Waals surface area contributed by atoms with Crippen LogP contribution in [-0.2, 0) is 18.3 Å². The number of nitrogens with zero attached hydrogens (tertiary/aromatic N) is 3. The van der Waals surface area contributed by atoms with Crippen molar-refractivity contribution in [3.05, 3.63) is 36.0 Å². The fourth-order valence-electron chi connectivity index (χ4n) is 1.73. The highest BCUT2D eigenvalue weighted by Crippen LogP contribution is 2.21. The Hall–Kier alpha value is -2.57. The van der Waals surface area contributed by atoms with E-state index in [4.69, 9.17) is 10.5 Å². The minimum absolute atomic E-state index is 0.278. The summed E-state index contributed by atoms with van der Waals surface area (Å²) in [6, 6.07) is 1.54. The zero-order valence-electron chi connectivity index (χ0n) is 11.5. The molecule has 0 bridgehead atoms. The molecule has 0 fully saturated rings. The Morgan fingerprint density at radius 3 is 2.90 bits per heavy atom. The fourth-order valence-corrected chi connectivity index (χ4v) is 1.73. The van der Waals surface area contributed by atoms with Crippen molar-refractivity contribution in [2.75, 3.05) is 17.7 Å². The Morgan fingerprint density at radius 2 is 2.25 bits per heavy atom. The molecule has 2 rings (SSSR count). The van der Waals surface area contributed by atoms with Gasteiger partial charge in [0.2, 0.25) is 0 Å². The summed E-state index contributed by atoms with van der Waals surface area (Å²) in [5.41, 5.74) is 6.53. The largest absolute Gasteiger partial charge is 0.462 e. The molecule has 0 amide bonds. The standard InChI is InChI=1S/C13H17N5O2/c1-3-20-13(19)9-4-5-16-12(11(9)14)17-8-10-15-6-7-18(10)2/h4-7H,3,8,14H2,1-2H3,(H,16,17). The fraction of sp³-hybridized carbons (Fsp3) is 0.308. The number of pyridine rings is 1. The first-order chi connectivity index (χ1) is 9.63. The molecule has 0 aliphatic rings. The van der Waals surface area contributed by atoms with Gasteiger partial charge in [-0.15, -0.1) is 0 Å². The lowest BCUT2D eigenvalue weighted by Gasteiger charge is -2.11. The van der Waals surface area contributed by atoms with Gasteiger partial charge in [0.05, 0.1) is 24.4 Å². The monoisotopic (exact) mass is 275 g/mol. The Bertz CT molecular complexity index is 609. The number of nitrogens with one attached hydrogen (secondary N) is 1. The summed E-state index contributed by atoms with van der Waals surface area (Å²) in [4.78, 5) is 20.0. The summed E-state index contributed by atoms with van der Waals surface area (Å²) >= 11 is 0. The molecule has 0 saturated carbocycles. The van der Waals surface area contributed by atoms with Crippen LogP contribution in [0.25, 0.3) is 0 Å². The van der Waals surface area contributed by atoms with Crippen molar-refractivity contribution < 1.29 is 9.53 Å². The van der Waals surface area contributed by atoms with Gasteiger partial charge >= 0.3 is 5.97 Å². The van der Waals surface area contributed by atoms with Gasteiger partial charge in [0.1, 0.15) is 11.6 Å². The molecule has 0 radical (unpaired) electrons. The molecule has 0 atom stereocenters. The van der Waals surface area contributed by atoms with E-state index < -0.39 is 5.97 Å². The Kier molecular flexibility index (Phi) is 4.19. The van der Waals surface area contributed by atoms with E-state index >= 15 is 0 Å². The van der Waals surface area contributed by atoms with Gasteiger partial charge in [0, 0.05) is 25.6 Å². The average Bonchev–Trinajstić information content (AvgIpc) is 2.83. The smallest absolute Gasteiger partial charge is 0.340 e. The van der Waals surface area contributed by atoms with Crippen LogP contribution in [0.4, 0.5) is 11.5 Å². The van der Waals surface area contributed by atoms with Crippen molar-refractivity contribution >= 4 is 17.5 Å². The summed E-state index contributed by atoms with van der Waals surface area (Å²) in [5.74, 6) is 0.832. The van der Waals surface area contributed by atoms with E-state index in [-0.39, 0.29) is 5.69 Å². The van der Waals surface area contributed by atoms with E-state index in [0.29, 0.717) is 24.5 Å². The Morgan fingerprint density at radius 1 is 1.45 bits per heavy atom. The number of nitrogens with two attached hydrogens (primary N) is 1. The number of anilines is 2. The number of carbonyl (C=O) groups is 1. The summed E-state index contributed by atoms with van der Waals surface area (Å²) in [6.07, 6.45) is 5.08. The third-order valence-corrected chi connectivity index (χ3v) is 2.82. The van der Waals surface area contributed by atoms with Gasteiger partial charge in [0.15, 0.2) is 0 Å². The zero-order valence-corrected chi connectivity index (χ0v) is 11.5. The number of nitrogen functional groups attached to an aromatic ring is 1. The third-order valence-electron chi connectivity index (χ3n) is 2.82. The van der Waals surface area contributed by atoms with Gasteiger partial charge in [-0.05, 0) is 13.0 Å². The number of hydrogen-bond donors (Lipinski definition) is 2. The van der Waals surface area contributed by atoms with Crippen molar-refractivity contribution in [3.63, 3.8) is 0 Å². The third kappa shape index (κ3) is 2.87. The maximum Gasteiger partial charge on any atom is 0.340 e. The van der Waals surface area contributed by atoms with Gasteiger partial charge < -0.3 is 20.4 Å². The van der Waals surface area contributed by atoms with Crippen molar-refractivity contribution in [2.24, 2.45) is 7.05 Å². The van der Waals surface area contributed by atoms with Gasteiger partial charge in [-0.25, -0.2) is 14.8 Å². The molecule has 3 N–H and O–H groups in total. The van der Waals surface area contributed by atoms with Crippen molar-refractivity contribution in [3.8, 4) is 0 Å². The minimum atomic E-state index is -0.451. The number of hydrogen-bond acceptors (Lipinski definition) is 6. The second-order valence-corrected chi connectivity index (χ2v) is 4.15. The van der Waals surface area contributed by atoms with Gasteiger partial charge in [0.25, 0.3) is 0 Å². The van der Waals surface area contributed by atoms with Crippen LogP contribution in [0.3, 0.4) is 0 Å². The van der Waals surface area contributed by atoms with Crippen molar-refractivity contribution in [2.45, 2.75) is 13.5 Å². The molecule has 0 saturated heterocycles. The molecule has 7 nitrogen and oxygen atoms in total. The zero-order chi connectivity index (χ0) is 14.5. The first-order valence-electron chi connectivity index (χ1n) is 6.25. The molecule has 2 aromatic rings. The Labute approximate surface area is 116 Å². The van der Waals surface area contributed by atoms with Crippen LogP contribution < -0.4 is 11.1 Å². The van der Waals surface area contributed by atoms with E-state index in [2.05, 4.69) is 15.3 Å². The molecule has 2 aromatic heterocycles.